The van der Waals surface area contributed by atoms with E-state index < -0.39 is 17.6 Å². The fourth-order valence-corrected chi connectivity index (χ4v) is 3.08. The zero-order valence-electron chi connectivity index (χ0n) is 16.5. The number of alkyl halides is 3. The first-order valence-corrected chi connectivity index (χ1v) is 9.67. The van der Waals surface area contributed by atoms with Crippen LogP contribution in [0.25, 0.3) is 5.69 Å². The van der Waals surface area contributed by atoms with E-state index in [1.54, 1.807) is 37.3 Å². The predicted octanol–water partition coefficient (Wildman–Crippen LogP) is 4.80. The van der Waals surface area contributed by atoms with Crippen LogP contribution >= 0.6 is 0 Å². The van der Waals surface area contributed by atoms with Crippen LogP contribution in [0.4, 0.5) is 24.7 Å². The van der Waals surface area contributed by atoms with Crippen LogP contribution in [-0.4, -0.2) is 21.6 Å². The molecule has 1 aliphatic rings. The van der Waals surface area contributed by atoms with Gasteiger partial charge in [-0.3, -0.25) is 9.59 Å². The molecule has 1 heterocycles. The van der Waals surface area contributed by atoms with Crippen molar-refractivity contribution in [3.63, 3.8) is 0 Å². The highest BCUT2D eigenvalue weighted by molar-refractivity contribution is 6.04. The Morgan fingerprint density at radius 2 is 1.74 bits per heavy atom. The van der Waals surface area contributed by atoms with E-state index in [1.807, 2.05) is 0 Å². The summed E-state index contributed by atoms with van der Waals surface area (Å²) in [4.78, 5) is 24.5. The zero-order chi connectivity index (χ0) is 22.2. The Kier molecular flexibility index (Phi) is 5.26. The molecule has 31 heavy (non-hydrogen) atoms. The minimum atomic E-state index is -4.49. The lowest BCUT2D eigenvalue weighted by Gasteiger charge is -2.12. The van der Waals surface area contributed by atoms with Crippen LogP contribution in [0.5, 0.6) is 0 Å². The van der Waals surface area contributed by atoms with Gasteiger partial charge in [0, 0.05) is 23.2 Å². The minimum Gasteiger partial charge on any atom is -0.326 e. The average Bonchev–Trinajstić information content (AvgIpc) is 3.51. The van der Waals surface area contributed by atoms with Crippen molar-refractivity contribution >= 4 is 23.3 Å². The monoisotopic (exact) mass is 428 g/mol. The van der Waals surface area contributed by atoms with Crippen LogP contribution < -0.4 is 10.6 Å². The van der Waals surface area contributed by atoms with Crippen LogP contribution in [0.15, 0.2) is 54.6 Å². The second-order valence-electron chi connectivity index (χ2n) is 7.43. The second kappa shape index (κ2) is 7.90. The van der Waals surface area contributed by atoms with Gasteiger partial charge in [0.1, 0.15) is 5.82 Å². The second-order valence-corrected chi connectivity index (χ2v) is 7.43. The fraction of sp³-hybridized carbons (Fsp3) is 0.227. The van der Waals surface area contributed by atoms with Crippen LogP contribution in [-0.2, 0) is 11.0 Å². The van der Waals surface area contributed by atoms with Gasteiger partial charge in [-0.25, -0.2) is 4.68 Å². The molecule has 0 spiro atoms. The van der Waals surface area contributed by atoms with E-state index in [-0.39, 0.29) is 23.3 Å². The Bertz CT molecular complexity index is 1130. The number of aryl methyl sites for hydroxylation is 1. The number of nitrogens with zero attached hydrogens (tertiary/aromatic N) is 2. The minimum absolute atomic E-state index is 0.0299. The molecule has 0 radical (unpaired) electrons. The Morgan fingerprint density at radius 3 is 2.39 bits per heavy atom. The van der Waals surface area contributed by atoms with Crippen LogP contribution in [0.2, 0.25) is 0 Å². The first-order chi connectivity index (χ1) is 14.7. The van der Waals surface area contributed by atoms with Crippen molar-refractivity contribution in [2.75, 3.05) is 10.6 Å². The molecule has 0 atom stereocenters. The molecule has 3 aromatic rings. The number of rotatable bonds is 5. The van der Waals surface area contributed by atoms with E-state index in [0.717, 1.165) is 25.0 Å². The lowest BCUT2D eigenvalue weighted by atomic mass is 10.2. The average molecular weight is 428 g/mol. The molecule has 0 saturated heterocycles. The van der Waals surface area contributed by atoms with Crippen molar-refractivity contribution in [3.8, 4) is 5.69 Å². The summed E-state index contributed by atoms with van der Waals surface area (Å²) in [6.45, 7) is 1.68. The summed E-state index contributed by atoms with van der Waals surface area (Å²) in [5.41, 5.74) is 0.832. The lowest BCUT2D eigenvalue weighted by Crippen LogP contribution is -2.16. The van der Waals surface area contributed by atoms with E-state index >= 15 is 0 Å². The summed E-state index contributed by atoms with van der Waals surface area (Å²) >= 11 is 0. The van der Waals surface area contributed by atoms with Crippen molar-refractivity contribution in [2.24, 2.45) is 5.92 Å². The molecule has 6 nitrogen and oxygen atoms in total. The summed E-state index contributed by atoms with van der Waals surface area (Å²) in [6, 6.07) is 12.7. The first kappa shape index (κ1) is 20.6. The van der Waals surface area contributed by atoms with Crippen molar-refractivity contribution in [1.29, 1.82) is 0 Å². The van der Waals surface area contributed by atoms with Gasteiger partial charge in [0.25, 0.3) is 5.91 Å². The first-order valence-electron chi connectivity index (χ1n) is 9.67. The summed E-state index contributed by atoms with van der Waals surface area (Å²) in [6.07, 6.45) is -2.70. The van der Waals surface area contributed by atoms with Gasteiger partial charge in [-0.05, 0) is 62.2 Å². The summed E-state index contributed by atoms with van der Waals surface area (Å²) in [7, 11) is 0. The highest BCUT2D eigenvalue weighted by atomic mass is 19.4. The molecular weight excluding hydrogens is 409 g/mol. The fourth-order valence-electron chi connectivity index (χ4n) is 3.08. The van der Waals surface area contributed by atoms with Crippen molar-refractivity contribution in [3.05, 3.63) is 71.4 Å². The molecule has 0 aliphatic heterocycles. The summed E-state index contributed by atoms with van der Waals surface area (Å²) in [5, 5.41) is 9.69. The van der Waals surface area contributed by atoms with Crippen LogP contribution in [0.3, 0.4) is 0 Å². The molecule has 4 rings (SSSR count). The van der Waals surface area contributed by atoms with E-state index in [2.05, 4.69) is 15.7 Å². The number of carbonyl (C=O) groups is 2. The molecule has 1 saturated carbocycles. The quantitative estimate of drug-likeness (QED) is 0.613. The van der Waals surface area contributed by atoms with Crippen molar-refractivity contribution in [2.45, 2.75) is 25.9 Å². The Balaban J connectivity index is 1.52. The molecule has 2 amide bonds. The smallest absolute Gasteiger partial charge is 0.326 e. The van der Waals surface area contributed by atoms with Gasteiger partial charge in [-0.2, -0.15) is 18.3 Å². The molecule has 9 heteroatoms. The van der Waals surface area contributed by atoms with Gasteiger partial charge >= 0.3 is 6.18 Å². The van der Waals surface area contributed by atoms with Gasteiger partial charge < -0.3 is 10.6 Å². The maximum Gasteiger partial charge on any atom is 0.416 e. The summed E-state index contributed by atoms with van der Waals surface area (Å²) < 4.78 is 40.4. The predicted molar refractivity (Wildman–Crippen MR) is 109 cm³/mol. The normalized spacial score (nSPS) is 13.7. The molecule has 1 aromatic heterocycles. The number of aromatic nitrogens is 2. The zero-order valence-corrected chi connectivity index (χ0v) is 16.5. The number of carbonyl (C=O) groups excluding carboxylic acids is 2. The number of halogens is 3. The van der Waals surface area contributed by atoms with Gasteiger partial charge in [-0.15, -0.1) is 0 Å². The van der Waals surface area contributed by atoms with Crippen LogP contribution in [0.1, 0.15) is 34.5 Å². The van der Waals surface area contributed by atoms with Gasteiger partial charge in [0.15, 0.2) is 0 Å². The third-order valence-corrected chi connectivity index (χ3v) is 4.85. The SMILES string of the molecule is Cc1cc(NC(=O)c2ccc(NC(=O)C3CC3)cc2)n(-c2cccc(C(F)(F)F)c2)n1. The Morgan fingerprint density at radius 1 is 1.03 bits per heavy atom. The van der Waals surface area contributed by atoms with E-state index in [4.69, 9.17) is 0 Å². The number of anilines is 2. The molecule has 2 aromatic carbocycles. The number of benzene rings is 2. The highest BCUT2D eigenvalue weighted by Gasteiger charge is 2.31. The molecule has 0 unspecified atom stereocenters. The Labute approximate surface area is 176 Å². The van der Waals surface area contributed by atoms with E-state index in [0.29, 0.717) is 16.9 Å². The van der Waals surface area contributed by atoms with Gasteiger partial charge in [-0.1, -0.05) is 6.07 Å². The standard InChI is InChI=1S/C22H19F3N4O2/c1-13-11-19(29(28-13)18-4-2-3-16(12-18)22(23,24)25)27-21(31)15-7-9-17(10-8-15)26-20(30)14-5-6-14/h2-4,7-12,14H,5-6H2,1H3,(H,26,30)(H,27,31). The van der Waals surface area contributed by atoms with Crippen LogP contribution in [0, 0.1) is 12.8 Å². The highest BCUT2D eigenvalue weighted by Crippen LogP contribution is 2.31. The number of hydrogen-bond acceptors (Lipinski definition) is 3. The number of nitrogens with one attached hydrogen (secondary N) is 2. The van der Waals surface area contributed by atoms with Crippen molar-refractivity contribution in [1.82, 2.24) is 9.78 Å². The Hall–Kier alpha value is -3.62. The molecule has 0 bridgehead atoms. The maximum atomic E-state index is 13.1. The lowest BCUT2D eigenvalue weighted by molar-refractivity contribution is -0.137. The maximum absolute atomic E-state index is 13.1. The van der Waals surface area contributed by atoms with Gasteiger partial charge in [0.05, 0.1) is 16.9 Å². The molecule has 1 aliphatic carbocycles. The van der Waals surface area contributed by atoms with E-state index in [9.17, 15) is 22.8 Å². The molecule has 1 fully saturated rings. The summed E-state index contributed by atoms with van der Waals surface area (Å²) in [5.74, 6) is -0.166. The third kappa shape index (κ3) is 4.76. The van der Waals surface area contributed by atoms with Crippen molar-refractivity contribution < 1.29 is 22.8 Å². The largest absolute Gasteiger partial charge is 0.416 e. The topological polar surface area (TPSA) is 76.0 Å². The van der Waals surface area contributed by atoms with E-state index in [1.165, 1.54) is 16.8 Å². The number of hydrogen-bond donors (Lipinski definition) is 2. The van der Waals surface area contributed by atoms with Gasteiger partial charge in [0.2, 0.25) is 5.91 Å². The molecular formula is C22H19F3N4O2. The molecule has 160 valence electrons. The number of amides is 2. The molecule has 2 N–H and O–H groups in total. The third-order valence-electron chi connectivity index (χ3n) is 4.85.